The molecule has 0 saturated carbocycles. The molecule has 0 bridgehead atoms. The van der Waals surface area contributed by atoms with Crippen LogP contribution < -0.4 is 0 Å². The van der Waals surface area contributed by atoms with Crippen LogP contribution in [0, 0.1) is 0 Å². The molecule has 0 aliphatic carbocycles. The Morgan fingerprint density at radius 3 is 2.73 bits per heavy atom. The number of carbonyl (C=O) groups is 1. The number of methoxy groups -OCH3 is 1. The van der Waals surface area contributed by atoms with Gasteiger partial charge in [-0.1, -0.05) is 23.7 Å². The molecular formula is C16H11ClN2O2S. The second-order valence-electron chi connectivity index (χ2n) is 4.46. The number of pyridine rings is 1. The molecule has 0 radical (unpaired) electrons. The molecule has 22 heavy (non-hydrogen) atoms. The van der Waals surface area contributed by atoms with Gasteiger partial charge in [-0.25, -0.2) is 9.78 Å². The van der Waals surface area contributed by atoms with Crippen molar-refractivity contribution < 1.29 is 9.53 Å². The molecule has 110 valence electrons. The predicted octanol–water partition coefficient (Wildman–Crippen LogP) is 4.31. The molecule has 6 heteroatoms. The van der Waals surface area contributed by atoms with Gasteiger partial charge < -0.3 is 4.74 Å². The van der Waals surface area contributed by atoms with Crippen LogP contribution in [0.15, 0.2) is 48.1 Å². The molecule has 0 aliphatic rings. The van der Waals surface area contributed by atoms with E-state index in [1.807, 2.05) is 29.6 Å². The van der Waals surface area contributed by atoms with Crippen LogP contribution in [-0.2, 0) is 4.74 Å². The number of hydrogen-bond acceptors (Lipinski definition) is 5. The van der Waals surface area contributed by atoms with Crippen LogP contribution in [0.3, 0.4) is 0 Å². The summed E-state index contributed by atoms with van der Waals surface area (Å²) in [4.78, 5) is 20.5. The van der Waals surface area contributed by atoms with Crippen molar-refractivity contribution in [2.45, 2.75) is 0 Å². The summed E-state index contributed by atoms with van der Waals surface area (Å²) in [5.74, 6) is -0.402. The second-order valence-corrected chi connectivity index (χ2v) is 5.75. The van der Waals surface area contributed by atoms with Crippen LogP contribution in [0.25, 0.3) is 21.8 Å². The zero-order valence-electron chi connectivity index (χ0n) is 11.6. The highest BCUT2D eigenvalue weighted by molar-refractivity contribution is 7.13. The van der Waals surface area contributed by atoms with Gasteiger partial charge in [-0.2, -0.15) is 0 Å². The largest absolute Gasteiger partial charge is 0.465 e. The Morgan fingerprint density at radius 1 is 1.23 bits per heavy atom. The highest BCUT2D eigenvalue weighted by Crippen LogP contribution is 2.31. The maximum atomic E-state index is 11.8. The summed E-state index contributed by atoms with van der Waals surface area (Å²) in [6.07, 6.45) is 3.18. The number of ether oxygens (including phenoxy) is 1. The number of aromatic nitrogens is 2. The number of thiazole rings is 1. The van der Waals surface area contributed by atoms with Gasteiger partial charge in [0.15, 0.2) is 0 Å². The van der Waals surface area contributed by atoms with Crippen molar-refractivity contribution >= 4 is 28.9 Å². The van der Waals surface area contributed by atoms with E-state index in [2.05, 4.69) is 9.97 Å². The highest BCUT2D eigenvalue weighted by Gasteiger charge is 2.16. The molecule has 0 spiro atoms. The highest BCUT2D eigenvalue weighted by atomic mass is 35.5. The molecule has 4 nitrogen and oxygen atoms in total. The Hall–Kier alpha value is -2.24. The van der Waals surface area contributed by atoms with Crippen molar-refractivity contribution in [3.63, 3.8) is 0 Å². The summed E-state index contributed by atoms with van der Waals surface area (Å²) in [5, 5.41) is 3.34. The lowest BCUT2D eigenvalue weighted by atomic mass is 10.1. The minimum absolute atomic E-state index is 0.402. The van der Waals surface area contributed by atoms with Gasteiger partial charge in [0.2, 0.25) is 0 Å². The van der Waals surface area contributed by atoms with Gasteiger partial charge in [-0.3, -0.25) is 4.98 Å². The zero-order chi connectivity index (χ0) is 15.5. The van der Waals surface area contributed by atoms with Crippen molar-refractivity contribution in [1.82, 2.24) is 9.97 Å². The van der Waals surface area contributed by atoms with Gasteiger partial charge in [0.05, 0.1) is 18.4 Å². The van der Waals surface area contributed by atoms with Gasteiger partial charge in [0, 0.05) is 33.9 Å². The first-order valence-corrected chi connectivity index (χ1v) is 7.69. The summed E-state index contributed by atoms with van der Waals surface area (Å²) in [5.41, 5.74) is 2.92. The number of carbonyl (C=O) groups excluding carboxylic acids is 1. The van der Waals surface area contributed by atoms with E-state index in [1.165, 1.54) is 18.4 Å². The Labute approximate surface area is 136 Å². The fourth-order valence-electron chi connectivity index (χ4n) is 2.00. The first kappa shape index (κ1) is 14.7. The molecule has 2 heterocycles. The Morgan fingerprint density at radius 2 is 2.00 bits per heavy atom. The van der Waals surface area contributed by atoms with Crippen LogP contribution >= 0.6 is 22.9 Å². The van der Waals surface area contributed by atoms with E-state index in [1.54, 1.807) is 18.5 Å². The zero-order valence-corrected chi connectivity index (χ0v) is 13.2. The standard InChI is InChI=1S/C16H11ClN2O2S/c1-21-16(20)12-6-7-18-8-13(12)15-19-14(9-22-15)10-2-4-11(17)5-3-10/h2-9H,1H3. The van der Waals surface area contributed by atoms with Crippen molar-refractivity contribution in [3.8, 4) is 21.8 Å². The second kappa shape index (κ2) is 6.25. The fourth-order valence-corrected chi connectivity index (χ4v) is 2.98. The third-order valence-corrected chi connectivity index (χ3v) is 4.23. The lowest BCUT2D eigenvalue weighted by Gasteiger charge is -2.04. The van der Waals surface area contributed by atoms with E-state index < -0.39 is 5.97 Å². The van der Waals surface area contributed by atoms with Gasteiger partial charge >= 0.3 is 5.97 Å². The molecule has 0 unspecified atom stereocenters. The number of nitrogens with zero attached hydrogens (tertiary/aromatic N) is 2. The number of hydrogen-bond donors (Lipinski definition) is 0. The van der Waals surface area contributed by atoms with E-state index in [9.17, 15) is 4.79 Å². The topological polar surface area (TPSA) is 52.1 Å². The third kappa shape index (κ3) is 2.86. The van der Waals surface area contributed by atoms with E-state index in [0.717, 1.165) is 16.3 Å². The first-order valence-electron chi connectivity index (χ1n) is 6.43. The number of halogens is 1. The Balaban J connectivity index is 2.01. The third-order valence-electron chi connectivity index (χ3n) is 3.10. The molecule has 0 aliphatic heterocycles. The van der Waals surface area contributed by atoms with Crippen molar-refractivity contribution in [3.05, 3.63) is 58.7 Å². The van der Waals surface area contributed by atoms with Crippen molar-refractivity contribution in [2.75, 3.05) is 7.11 Å². The van der Waals surface area contributed by atoms with Crippen molar-refractivity contribution in [2.24, 2.45) is 0 Å². The minimum atomic E-state index is -0.402. The normalized spacial score (nSPS) is 10.5. The van der Waals surface area contributed by atoms with Crippen LogP contribution in [0.1, 0.15) is 10.4 Å². The molecule has 0 atom stereocenters. The lowest BCUT2D eigenvalue weighted by molar-refractivity contribution is 0.0601. The quantitative estimate of drug-likeness (QED) is 0.671. The molecular weight excluding hydrogens is 320 g/mol. The summed E-state index contributed by atoms with van der Waals surface area (Å²) < 4.78 is 4.80. The number of benzene rings is 1. The molecule has 3 rings (SSSR count). The Bertz CT molecular complexity index is 815. The SMILES string of the molecule is COC(=O)c1ccncc1-c1nc(-c2ccc(Cl)cc2)cs1. The van der Waals surface area contributed by atoms with E-state index in [4.69, 9.17) is 16.3 Å². The van der Waals surface area contributed by atoms with E-state index in [0.29, 0.717) is 16.1 Å². The van der Waals surface area contributed by atoms with Crippen LogP contribution in [0.2, 0.25) is 5.02 Å². The van der Waals surface area contributed by atoms with Crippen LogP contribution in [0.4, 0.5) is 0 Å². The van der Waals surface area contributed by atoms with Gasteiger partial charge in [-0.15, -0.1) is 11.3 Å². The molecule has 3 aromatic rings. The number of rotatable bonds is 3. The molecule has 0 saturated heterocycles. The maximum absolute atomic E-state index is 11.8. The van der Waals surface area contributed by atoms with Gasteiger partial charge in [0.1, 0.15) is 5.01 Å². The fraction of sp³-hybridized carbons (Fsp3) is 0.0625. The van der Waals surface area contributed by atoms with Crippen molar-refractivity contribution in [1.29, 1.82) is 0 Å². The molecule has 1 aromatic carbocycles. The predicted molar refractivity (Wildman–Crippen MR) is 87.1 cm³/mol. The molecule has 0 N–H and O–H groups in total. The van der Waals surface area contributed by atoms with Crippen LogP contribution in [0.5, 0.6) is 0 Å². The molecule has 2 aromatic heterocycles. The molecule has 0 amide bonds. The maximum Gasteiger partial charge on any atom is 0.338 e. The summed E-state index contributed by atoms with van der Waals surface area (Å²) >= 11 is 7.35. The lowest BCUT2D eigenvalue weighted by Crippen LogP contribution is -2.03. The minimum Gasteiger partial charge on any atom is -0.465 e. The van der Waals surface area contributed by atoms with Gasteiger partial charge in [0.25, 0.3) is 0 Å². The van der Waals surface area contributed by atoms with E-state index >= 15 is 0 Å². The monoisotopic (exact) mass is 330 g/mol. The smallest absolute Gasteiger partial charge is 0.338 e. The average molecular weight is 331 g/mol. The molecule has 0 fully saturated rings. The van der Waals surface area contributed by atoms with E-state index in [-0.39, 0.29) is 0 Å². The Kier molecular flexibility index (Phi) is 4.18. The summed E-state index contributed by atoms with van der Waals surface area (Å²) in [7, 11) is 1.35. The first-order chi connectivity index (χ1) is 10.7. The summed E-state index contributed by atoms with van der Waals surface area (Å²) in [6, 6.07) is 9.08. The summed E-state index contributed by atoms with van der Waals surface area (Å²) in [6.45, 7) is 0. The van der Waals surface area contributed by atoms with Gasteiger partial charge in [-0.05, 0) is 18.2 Å². The average Bonchev–Trinajstić information content (AvgIpc) is 3.04. The number of esters is 1. The van der Waals surface area contributed by atoms with Crippen LogP contribution in [-0.4, -0.2) is 23.0 Å².